The monoisotopic (exact) mass is 474 g/mol. The summed E-state index contributed by atoms with van der Waals surface area (Å²) in [5.74, 6) is -0.280. The van der Waals surface area contributed by atoms with Crippen molar-refractivity contribution < 1.29 is 9.18 Å². The predicted octanol–water partition coefficient (Wildman–Crippen LogP) is 6.34. The molecule has 36 heavy (non-hydrogen) atoms. The first-order valence-electron chi connectivity index (χ1n) is 12.1. The molecule has 176 valence electrons. The van der Waals surface area contributed by atoms with Gasteiger partial charge in [0.25, 0.3) is 0 Å². The maximum Gasteiger partial charge on any atom is 0.226 e. The summed E-state index contributed by atoms with van der Waals surface area (Å²) in [6.45, 7) is 11.6. The molecule has 6 heteroatoms. The second-order valence-electron chi connectivity index (χ2n) is 9.80. The number of Topliss-reactive ketones (excluding diaryl/α,β-unsaturated/α-hetero) is 1. The van der Waals surface area contributed by atoms with E-state index in [9.17, 15) is 4.79 Å². The van der Waals surface area contributed by atoms with Crippen molar-refractivity contribution >= 4 is 16.7 Å². The highest BCUT2D eigenvalue weighted by molar-refractivity contribution is 6.00. The van der Waals surface area contributed by atoms with Gasteiger partial charge in [0.05, 0.1) is 23.5 Å². The molecule has 4 aromatic rings. The van der Waals surface area contributed by atoms with Crippen molar-refractivity contribution in [3.63, 3.8) is 0 Å². The molecule has 0 aliphatic heterocycles. The van der Waals surface area contributed by atoms with Crippen molar-refractivity contribution in [1.82, 2.24) is 15.0 Å². The quantitative estimate of drug-likeness (QED) is 0.318. The summed E-state index contributed by atoms with van der Waals surface area (Å²) in [6, 6.07) is 16.3. The largest absolute Gasteiger partial charge is 0.308 e. The summed E-state index contributed by atoms with van der Waals surface area (Å²) >= 11 is 0. The molecule has 2 aliphatic carbocycles. The molecular formula is C30H23FN4O. The van der Waals surface area contributed by atoms with Crippen molar-refractivity contribution in [2.45, 2.75) is 32.1 Å². The summed E-state index contributed by atoms with van der Waals surface area (Å²) in [5, 5.41) is 0.904. The van der Waals surface area contributed by atoms with Crippen LogP contribution < -0.4 is 0 Å². The van der Waals surface area contributed by atoms with E-state index < -0.39 is 5.41 Å². The zero-order chi connectivity index (χ0) is 25.0. The number of pyridine rings is 1. The van der Waals surface area contributed by atoms with Crippen LogP contribution in [0.4, 0.5) is 4.39 Å². The van der Waals surface area contributed by atoms with E-state index >= 15 is 4.39 Å². The third-order valence-corrected chi connectivity index (χ3v) is 7.84. The van der Waals surface area contributed by atoms with Crippen LogP contribution in [0, 0.1) is 24.2 Å². The summed E-state index contributed by atoms with van der Waals surface area (Å²) < 4.78 is 15.1. The molecule has 0 unspecified atom stereocenters. The number of hydrogen-bond donors (Lipinski definition) is 0. The number of aromatic nitrogens is 3. The average molecular weight is 475 g/mol. The number of benzene rings is 2. The minimum Gasteiger partial charge on any atom is -0.308 e. The number of nitrogens with zero attached hydrogens (tertiary/aromatic N) is 4. The molecule has 2 aromatic carbocycles. The molecule has 2 heterocycles. The van der Waals surface area contributed by atoms with Gasteiger partial charge in [-0.2, -0.15) is 0 Å². The van der Waals surface area contributed by atoms with Gasteiger partial charge in [-0.1, -0.05) is 50.3 Å². The Morgan fingerprint density at radius 3 is 2.64 bits per heavy atom. The van der Waals surface area contributed by atoms with Crippen LogP contribution in [-0.4, -0.2) is 20.7 Å². The van der Waals surface area contributed by atoms with E-state index in [1.165, 1.54) is 6.07 Å². The maximum atomic E-state index is 15.1. The van der Waals surface area contributed by atoms with E-state index in [-0.39, 0.29) is 29.1 Å². The van der Waals surface area contributed by atoms with Gasteiger partial charge in [0.1, 0.15) is 5.82 Å². The molecule has 0 N–H and O–H groups in total. The fraction of sp³-hybridized carbons (Fsp3) is 0.233. The van der Waals surface area contributed by atoms with E-state index in [2.05, 4.69) is 16.8 Å². The van der Waals surface area contributed by atoms with E-state index in [4.69, 9.17) is 16.5 Å². The van der Waals surface area contributed by atoms with Crippen LogP contribution in [0.3, 0.4) is 0 Å². The smallest absolute Gasteiger partial charge is 0.226 e. The number of para-hydroxylation sites is 1. The Morgan fingerprint density at radius 2 is 1.83 bits per heavy atom. The molecule has 5 nitrogen and oxygen atoms in total. The highest BCUT2D eigenvalue weighted by Gasteiger charge is 2.49. The van der Waals surface area contributed by atoms with Crippen molar-refractivity contribution in [3.8, 4) is 22.6 Å². The lowest BCUT2D eigenvalue weighted by Crippen LogP contribution is -2.46. The number of carbonyl (C=O) groups excluding carboxylic acids is 1. The minimum absolute atomic E-state index is 0.00611. The molecule has 0 amide bonds. The van der Waals surface area contributed by atoms with Gasteiger partial charge in [0.2, 0.25) is 5.70 Å². The van der Waals surface area contributed by atoms with Gasteiger partial charge in [-0.05, 0) is 43.0 Å². The third-order valence-electron chi connectivity index (χ3n) is 7.84. The number of rotatable bonds is 2. The van der Waals surface area contributed by atoms with Gasteiger partial charge in [0.15, 0.2) is 11.6 Å². The summed E-state index contributed by atoms with van der Waals surface area (Å²) in [6.07, 6.45) is 4.89. The van der Waals surface area contributed by atoms with Crippen LogP contribution in [-0.2, 0) is 16.6 Å². The summed E-state index contributed by atoms with van der Waals surface area (Å²) in [7, 11) is 0. The van der Waals surface area contributed by atoms with Crippen LogP contribution in [0.2, 0.25) is 0 Å². The molecule has 2 aromatic heterocycles. The fourth-order valence-corrected chi connectivity index (χ4v) is 6.03. The fourth-order valence-electron chi connectivity index (χ4n) is 6.03. The lowest BCUT2D eigenvalue weighted by molar-refractivity contribution is -0.121. The maximum absolute atomic E-state index is 15.1. The van der Waals surface area contributed by atoms with Crippen LogP contribution in [0.15, 0.2) is 72.6 Å². The second kappa shape index (κ2) is 8.17. The van der Waals surface area contributed by atoms with Crippen molar-refractivity contribution in [3.05, 3.63) is 101 Å². The molecule has 0 fully saturated rings. The molecule has 2 aliphatic rings. The Labute approximate surface area is 208 Å². The first-order chi connectivity index (χ1) is 17.4. The number of carbonyl (C=O) groups is 1. The van der Waals surface area contributed by atoms with Crippen LogP contribution in [0.25, 0.3) is 38.4 Å². The Hall–Kier alpha value is -4.24. The van der Waals surface area contributed by atoms with Crippen molar-refractivity contribution in [1.29, 1.82) is 0 Å². The molecule has 0 saturated carbocycles. The zero-order valence-corrected chi connectivity index (χ0v) is 20.0. The van der Waals surface area contributed by atoms with Crippen LogP contribution in [0.1, 0.15) is 31.5 Å². The SMILES string of the molecule is [C-]#[N+]C1=C[C@@]2(C)c3nc(-c4ccnc5ccccc45)nc(-c4ccccc4F)c3CC[C@@H]2[C@@H](C)C1=O. The lowest BCUT2D eigenvalue weighted by Gasteiger charge is -2.46. The highest BCUT2D eigenvalue weighted by Crippen LogP contribution is 2.51. The van der Waals surface area contributed by atoms with Gasteiger partial charge >= 0.3 is 0 Å². The average Bonchev–Trinajstić information content (AvgIpc) is 2.90. The molecular weight excluding hydrogens is 451 g/mol. The van der Waals surface area contributed by atoms with Gasteiger partial charge in [-0.25, -0.2) is 19.2 Å². The van der Waals surface area contributed by atoms with E-state index in [1.54, 1.807) is 30.5 Å². The number of hydrogen-bond acceptors (Lipinski definition) is 4. The molecule has 0 saturated heterocycles. The highest BCUT2D eigenvalue weighted by atomic mass is 19.1. The summed E-state index contributed by atoms with van der Waals surface area (Å²) in [4.78, 5) is 31.0. The topological polar surface area (TPSA) is 60.1 Å². The van der Waals surface area contributed by atoms with Crippen LogP contribution >= 0.6 is 0 Å². The Kier molecular flexibility index (Phi) is 5.04. The first kappa shape index (κ1) is 22.2. The second-order valence-corrected chi connectivity index (χ2v) is 9.80. The van der Waals surface area contributed by atoms with Gasteiger partial charge in [0, 0.05) is 39.6 Å². The normalized spacial score (nSPS) is 22.9. The standard InChI is InChI=1S/C30H23FN4O/c1-17-22-13-12-21-26(20-9-4-6-10-23(20)31)34-29(19-14-15-33-24-11-7-5-8-18(19)24)35-28(21)30(22,2)16-25(32-3)27(17)36/h4-11,14-17,22H,12-13H2,1-2H3/t17-,22-,30-/m1/s1. The van der Waals surface area contributed by atoms with Crippen molar-refractivity contribution in [2.24, 2.45) is 11.8 Å². The Morgan fingerprint density at radius 1 is 1.06 bits per heavy atom. The molecule has 6 rings (SSSR count). The van der Waals surface area contributed by atoms with Crippen molar-refractivity contribution in [2.75, 3.05) is 0 Å². The van der Waals surface area contributed by atoms with E-state index in [0.29, 0.717) is 23.5 Å². The van der Waals surface area contributed by atoms with Crippen LogP contribution in [0.5, 0.6) is 0 Å². The number of fused-ring (bicyclic) bond motifs is 4. The zero-order valence-electron chi connectivity index (χ0n) is 20.0. The molecule has 0 spiro atoms. The predicted molar refractivity (Wildman–Crippen MR) is 136 cm³/mol. The van der Waals surface area contributed by atoms with Gasteiger partial charge in [-0.15, -0.1) is 0 Å². The third kappa shape index (κ3) is 3.20. The van der Waals surface area contributed by atoms with E-state index in [1.807, 2.05) is 37.3 Å². The van der Waals surface area contributed by atoms with Gasteiger partial charge < -0.3 is 4.79 Å². The van der Waals surface area contributed by atoms with E-state index in [0.717, 1.165) is 34.1 Å². The lowest BCUT2D eigenvalue weighted by atomic mass is 9.58. The summed E-state index contributed by atoms with van der Waals surface area (Å²) in [5.41, 5.74) is 3.76. The Balaban J connectivity index is 1.70. The molecule has 0 radical (unpaired) electrons. The number of halogens is 1. The minimum atomic E-state index is -0.651. The Bertz CT molecular complexity index is 1630. The number of ketones is 1. The first-order valence-corrected chi connectivity index (χ1v) is 12.1. The van der Waals surface area contributed by atoms with Gasteiger partial charge in [-0.3, -0.25) is 4.98 Å². The molecule has 0 bridgehead atoms. The molecule has 3 atom stereocenters. The number of allylic oxidation sites excluding steroid dienone is 2.